The average Bonchev–Trinajstić information content (AvgIpc) is 2.61. The Balaban J connectivity index is 0.000000231. The Morgan fingerprint density at radius 2 is 1.48 bits per heavy atom. The molecular formula is C20H38N2O. The van der Waals surface area contributed by atoms with Crippen LogP contribution in [-0.4, -0.2) is 17.0 Å². The Morgan fingerprint density at radius 3 is 1.78 bits per heavy atom. The van der Waals surface area contributed by atoms with E-state index in [9.17, 15) is 4.79 Å². The van der Waals surface area contributed by atoms with Gasteiger partial charge in [0.15, 0.2) is 0 Å². The predicted octanol–water partition coefficient (Wildman–Crippen LogP) is 4.49. The van der Waals surface area contributed by atoms with E-state index in [2.05, 4.69) is 72.6 Å². The molecule has 0 aromatic heterocycles. The van der Waals surface area contributed by atoms with Crippen molar-refractivity contribution in [1.29, 1.82) is 0 Å². The van der Waals surface area contributed by atoms with Gasteiger partial charge < -0.3 is 10.6 Å². The van der Waals surface area contributed by atoms with Crippen LogP contribution < -0.4 is 10.6 Å². The lowest BCUT2D eigenvalue weighted by atomic mass is 9.80. The second kappa shape index (κ2) is 7.27. The lowest BCUT2D eigenvalue weighted by Gasteiger charge is -2.40. The molecule has 0 aliphatic carbocycles. The third-order valence-electron chi connectivity index (χ3n) is 5.16. The number of rotatable bonds is 2. The Morgan fingerprint density at radius 1 is 0.957 bits per heavy atom. The van der Waals surface area contributed by atoms with Gasteiger partial charge in [0.1, 0.15) is 0 Å². The molecule has 0 radical (unpaired) electrons. The van der Waals surface area contributed by atoms with Crippen LogP contribution in [0.4, 0.5) is 0 Å². The molecule has 0 aromatic rings. The summed E-state index contributed by atoms with van der Waals surface area (Å²) in [4.78, 5) is 11.3. The average molecular weight is 323 g/mol. The first-order valence-corrected chi connectivity index (χ1v) is 9.13. The minimum atomic E-state index is 0.0199. The van der Waals surface area contributed by atoms with Crippen LogP contribution >= 0.6 is 0 Å². The number of allylic oxidation sites excluding steroid dienone is 1. The fourth-order valence-electron chi connectivity index (χ4n) is 3.67. The fourth-order valence-corrected chi connectivity index (χ4v) is 3.67. The highest BCUT2D eigenvalue weighted by atomic mass is 16.2. The molecule has 0 bridgehead atoms. The quantitative estimate of drug-likeness (QED) is 0.786. The van der Waals surface area contributed by atoms with Crippen molar-refractivity contribution in [3.63, 3.8) is 0 Å². The second-order valence-electron chi connectivity index (χ2n) is 9.35. The van der Waals surface area contributed by atoms with Gasteiger partial charge in [-0.15, -0.1) is 0 Å². The third kappa shape index (κ3) is 5.86. The van der Waals surface area contributed by atoms with Gasteiger partial charge >= 0.3 is 0 Å². The van der Waals surface area contributed by atoms with Crippen LogP contribution in [-0.2, 0) is 4.79 Å². The lowest BCUT2D eigenvalue weighted by Crippen LogP contribution is -2.45. The summed E-state index contributed by atoms with van der Waals surface area (Å²) in [6.07, 6.45) is 3.52. The van der Waals surface area contributed by atoms with E-state index in [4.69, 9.17) is 0 Å². The topological polar surface area (TPSA) is 41.1 Å². The molecule has 3 nitrogen and oxygen atoms in total. The molecule has 0 spiro atoms. The van der Waals surface area contributed by atoms with Crippen molar-refractivity contribution in [1.82, 2.24) is 10.6 Å². The maximum atomic E-state index is 11.3. The molecule has 2 N–H and O–H groups in total. The number of carbonyl (C=O) groups is 1. The Hall–Kier alpha value is -0.990. The number of nitrogens with one attached hydrogen (secondary N) is 2. The maximum absolute atomic E-state index is 11.3. The van der Waals surface area contributed by atoms with E-state index in [0.717, 1.165) is 12.3 Å². The molecule has 2 rings (SSSR count). The van der Waals surface area contributed by atoms with Crippen molar-refractivity contribution in [2.45, 2.75) is 85.7 Å². The fraction of sp³-hybridized carbons (Fsp3) is 0.850. The van der Waals surface area contributed by atoms with E-state index in [1.54, 1.807) is 0 Å². The van der Waals surface area contributed by atoms with Crippen molar-refractivity contribution in [3.8, 4) is 0 Å². The zero-order valence-electron chi connectivity index (χ0n) is 16.5. The summed E-state index contributed by atoms with van der Waals surface area (Å²) in [6, 6.07) is 0. The van der Waals surface area contributed by atoms with E-state index in [-0.39, 0.29) is 22.9 Å². The van der Waals surface area contributed by atoms with E-state index in [1.165, 1.54) is 18.5 Å². The first-order chi connectivity index (χ1) is 10.3. The van der Waals surface area contributed by atoms with Gasteiger partial charge in [-0.1, -0.05) is 34.3 Å². The third-order valence-corrected chi connectivity index (χ3v) is 5.16. The summed E-state index contributed by atoms with van der Waals surface area (Å²) in [7, 11) is 0. The molecule has 2 aliphatic heterocycles. The van der Waals surface area contributed by atoms with Crippen LogP contribution in [0.2, 0.25) is 0 Å². The number of carbonyl (C=O) groups excluding carboxylic acids is 1. The molecule has 2 fully saturated rings. The number of amides is 1. The normalized spacial score (nSPS) is 29.0. The summed E-state index contributed by atoms with van der Waals surface area (Å²) in [6.45, 7) is 21.5. The van der Waals surface area contributed by atoms with Gasteiger partial charge in [0.2, 0.25) is 5.91 Å². The first kappa shape index (κ1) is 20.1. The van der Waals surface area contributed by atoms with E-state index in [1.807, 2.05) is 0 Å². The zero-order valence-corrected chi connectivity index (χ0v) is 16.5. The van der Waals surface area contributed by atoms with Gasteiger partial charge in [-0.05, 0) is 58.8 Å². The minimum absolute atomic E-state index is 0.0199. The zero-order chi connectivity index (χ0) is 18.0. The van der Waals surface area contributed by atoms with Crippen molar-refractivity contribution in [2.24, 2.45) is 23.7 Å². The molecule has 0 saturated carbocycles. The van der Waals surface area contributed by atoms with Gasteiger partial charge in [0, 0.05) is 28.6 Å². The molecule has 2 saturated heterocycles. The van der Waals surface area contributed by atoms with Crippen LogP contribution in [0.25, 0.3) is 0 Å². The predicted molar refractivity (Wildman–Crippen MR) is 99.1 cm³/mol. The molecule has 3 heteroatoms. The van der Waals surface area contributed by atoms with Crippen LogP contribution in [0.5, 0.6) is 0 Å². The standard InChI is InChI=1S/C11H21N.C9H17NO/c1-8(2)10-6-7-11(4,5)12-9(10)3;1-6(2)7-5-9(3,4)10-8(7)11/h8,10,12H,3,6-7H2,1-2,4-5H3;6-7H,5H2,1-4H3,(H,10,11). The number of hydrogen-bond acceptors (Lipinski definition) is 2. The Bertz CT molecular complexity index is 435. The van der Waals surface area contributed by atoms with Crippen molar-refractivity contribution in [3.05, 3.63) is 12.3 Å². The summed E-state index contributed by atoms with van der Waals surface area (Å²) >= 11 is 0. The van der Waals surface area contributed by atoms with Crippen molar-refractivity contribution in [2.75, 3.05) is 0 Å². The minimum Gasteiger partial charge on any atom is -0.384 e. The monoisotopic (exact) mass is 322 g/mol. The highest BCUT2D eigenvalue weighted by Crippen LogP contribution is 2.32. The van der Waals surface area contributed by atoms with E-state index < -0.39 is 0 Å². The highest BCUT2D eigenvalue weighted by Gasteiger charge is 2.38. The summed E-state index contributed by atoms with van der Waals surface area (Å²) in [5.41, 5.74) is 1.52. The van der Waals surface area contributed by atoms with E-state index in [0.29, 0.717) is 11.8 Å². The summed E-state index contributed by atoms with van der Waals surface area (Å²) < 4.78 is 0. The van der Waals surface area contributed by atoms with Crippen molar-refractivity contribution >= 4 is 5.91 Å². The second-order valence-corrected chi connectivity index (χ2v) is 9.35. The Kier molecular flexibility index (Phi) is 6.34. The largest absolute Gasteiger partial charge is 0.384 e. The van der Waals surface area contributed by atoms with Crippen LogP contribution in [0.3, 0.4) is 0 Å². The van der Waals surface area contributed by atoms with Crippen LogP contribution in [0, 0.1) is 23.7 Å². The molecule has 23 heavy (non-hydrogen) atoms. The number of hydrogen-bond donors (Lipinski definition) is 2. The van der Waals surface area contributed by atoms with Crippen molar-refractivity contribution < 1.29 is 4.79 Å². The summed E-state index contributed by atoms with van der Waals surface area (Å²) in [5.74, 6) is 2.32. The molecule has 2 aliphatic rings. The first-order valence-electron chi connectivity index (χ1n) is 9.13. The summed E-state index contributed by atoms with van der Waals surface area (Å²) in [5, 5.41) is 6.48. The molecule has 2 unspecified atom stereocenters. The van der Waals surface area contributed by atoms with Crippen LogP contribution in [0.15, 0.2) is 12.3 Å². The molecule has 2 atom stereocenters. The van der Waals surface area contributed by atoms with Gasteiger partial charge in [-0.2, -0.15) is 0 Å². The van der Waals surface area contributed by atoms with Gasteiger partial charge in [0.25, 0.3) is 0 Å². The van der Waals surface area contributed by atoms with E-state index >= 15 is 0 Å². The van der Waals surface area contributed by atoms with Crippen LogP contribution in [0.1, 0.15) is 74.7 Å². The van der Waals surface area contributed by atoms with Gasteiger partial charge in [-0.3, -0.25) is 4.79 Å². The smallest absolute Gasteiger partial charge is 0.223 e. The lowest BCUT2D eigenvalue weighted by molar-refractivity contribution is -0.123. The highest BCUT2D eigenvalue weighted by molar-refractivity contribution is 5.82. The molecular weight excluding hydrogens is 284 g/mol. The Labute approximate surface area is 143 Å². The molecule has 134 valence electrons. The number of piperidine rings is 1. The maximum Gasteiger partial charge on any atom is 0.223 e. The molecule has 2 heterocycles. The molecule has 0 aromatic carbocycles. The van der Waals surface area contributed by atoms with Gasteiger partial charge in [0.05, 0.1) is 0 Å². The van der Waals surface area contributed by atoms with Gasteiger partial charge in [-0.25, -0.2) is 0 Å². The SMILES string of the molecule is C=C1NC(C)(C)CCC1C(C)C.CC(C)C1CC(C)(C)NC1=O. The molecule has 1 amide bonds.